The van der Waals surface area contributed by atoms with Crippen molar-refractivity contribution in [3.8, 4) is 0 Å². The summed E-state index contributed by atoms with van der Waals surface area (Å²) in [5, 5.41) is 2.94. The Labute approximate surface area is 126 Å². The number of nitrogens with zero attached hydrogens (tertiary/aromatic N) is 2. The van der Waals surface area contributed by atoms with Gasteiger partial charge in [0.05, 0.1) is 6.54 Å². The molecule has 5 heteroatoms. The van der Waals surface area contributed by atoms with E-state index in [0.29, 0.717) is 24.3 Å². The molecule has 2 atom stereocenters. The van der Waals surface area contributed by atoms with E-state index in [9.17, 15) is 4.79 Å². The van der Waals surface area contributed by atoms with Crippen LogP contribution < -0.4 is 11.1 Å². The smallest absolute Gasteiger partial charge is 0.238 e. The summed E-state index contributed by atoms with van der Waals surface area (Å²) >= 11 is 0. The number of carbonyl (C=O) groups excluding carboxylic acids is 1. The zero-order valence-electron chi connectivity index (χ0n) is 12.6. The summed E-state index contributed by atoms with van der Waals surface area (Å²) in [6, 6.07) is 8.60. The number of hydrogen-bond donors (Lipinski definition) is 2. The predicted octanol–water partition coefficient (Wildman–Crippen LogP) is 1.38. The predicted molar refractivity (Wildman–Crippen MR) is 85.1 cm³/mol. The minimum absolute atomic E-state index is 0.0557. The molecule has 3 N–H and O–H groups in total. The van der Waals surface area contributed by atoms with E-state index in [2.05, 4.69) is 22.2 Å². The molecular formula is C16H24N4O. The first kappa shape index (κ1) is 14.4. The molecule has 1 aromatic carbocycles. The van der Waals surface area contributed by atoms with Crippen LogP contribution in [-0.2, 0) is 4.79 Å². The second-order valence-corrected chi connectivity index (χ2v) is 6.24. The number of likely N-dealkylation sites (tertiary alicyclic amines) is 1. The highest BCUT2D eigenvalue weighted by molar-refractivity contribution is 5.92. The van der Waals surface area contributed by atoms with Crippen LogP contribution in [0.15, 0.2) is 24.3 Å². The monoisotopic (exact) mass is 288 g/mol. The van der Waals surface area contributed by atoms with Gasteiger partial charge < -0.3 is 11.1 Å². The van der Waals surface area contributed by atoms with Crippen molar-refractivity contribution in [1.82, 2.24) is 9.80 Å². The molecule has 0 aromatic heterocycles. The number of amides is 1. The van der Waals surface area contributed by atoms with Gasteiger partial charge in [-0.2, -0.15) is 0 Å². The van der Waals surface area contributed by atoms with E-state index in [1.807, 2.05) is 12.1 Å². The van der Waals surface area contributed by atoms with E-state index in [1.54, 1.807) is 12.1 Å². The van der Waals surface area contributed by atoms with Gasteiger partial charge in [0.2, 0.25) is 5.91 Å². The molecule has 2 unspecified atom stereocenters. The van der Waals surface area contributed by atoms with Crippen LogP contribution in [0.2, 0.25) is 0 Å². The summed E-state index contributed by atoms with van der Waals surface area (Å²) in [4.78, 5) is 17.0. The Kier molecular flexibility index (Phi) is 4.12. The molecule has 114 valence electrons. The Balaban J connectivity index is 1.54. The van der Waals surface area contributed by atoms with Crippen LogP contribution in [0.1, 0.15) is 19.3 Å². The fourth-order valence-corrected chi connectivity index (χ4v) is 3.49. The van der Waals surface area contributed by atoms with E-state index in [-0.39, 0.29) is 5.91 Å². The van der Waals surface area contributed by atoms with Crippen molar-refractivity contribution in [1.29, 1.82) is 0 Å². The SMILES string of the molecule is CN1C2CCC1CN(CC(=O)Nc1ccc(N)cc1)CC2. The van der Waals surface area contributed by atoms with Crippen LogP contribution in [0.3, 0.4) is 0 Å². The number of likely N-dealkylation sites (N-methyl/N-ethyl adjacent to an activating group) is 1. The van der Waals surface area contributed by atoms with E-state index >= 15 is 0 Å². The van der Waals surface area contributed by atoms with Crippen LogP contribution >= 0.6 is 0 Å². The Hall–Kier alpha value is -1.59. The van der Waals surface area contributed by atoms with E-state index < -0.39 is 0 Å². The summed E-state index contributed by atoms with van der Waals surface area (Å²) in [7, 11) is 2.22. The van der Waals surface area contributed by atoms with Crippen LogP contribution in [0.25, 0.3) is 0 Å². The van der Waals surface area contributed by atoms with E-state index in [4.69, 9.17) is 5.73 Å². The van der Waals surface area contributed by atoms with Crippen molar-refractivity contribution in [3.05, 3.63) is 24.3 Å². The molecule has 2 saturated heterocycles. The van der Waals surface area contributed by atoms with Crippen molar-refractivity contribution in [2.45, 2.75) is 31.3 Å². The summed E-state index contributed by atoms with van der Waals surface area (Å²) in [6.45, 7) is 2.49. The van der Waals surface area contributed by atoms with Crippen LogP contribution in [0, 0.1) is 0 Å². The van der Waals surface area contributed by atoms with Gasteiger partial charge in [0.15, 0.2) is 0 Å². The number of fused-ring (bicyclic) bond motifs is 2. The van der Waals surface area contributed by atoms with Crippen molar-refractivity contribution in [2.75, 3.05) is 37.7 Å². The Morgan fingerprint density at radius 2 is 1.95 bits per heavy atom. The number of rotatable bonds is 3. The molecule has 2 aliphatic heterocycles. The molecule has 0 spiro atoms. The quantitative estimate of drug-likeness (QED) is 0.825. The fraction of sp³-hybridized carbons (Fsp3) is 0.562. The standard InChI is InChI=1S/C16H24N4O/c1-19-14-6-7-15(19)10-20(9-8-14)11-16(21)18-13-4-2-12(17)3-5-13/h2-5,14-15H,6-11,17H2,1H3,(H,18,21). The molecule has 1 amide bonds. The van der Waals surface area contributed by atoms with Gasteiger partial charge in [0.1, 0.15) is 0 Å². The Morgan fingerprint density at radius 1 is 1.24 bits per heavy atom. The number of benzene rings is 1. The minimum atomic E-state index is 0.0557. The summed E-state index contributed by atoms with van der Waals surface area (Å²) in [5.41, 5.74) is 7.16. The second-order valence-electron chi connectivity index (χ2n) is 6.24. The lowest BCUT2D eigenvalue weighted by Crippen LogP contribution is -2.40. The molecular weight excluding hydrogens is 264 g/mol. The number of anilines is 2. The average Bonchev–Trinajstić information content (AvgIpc) is 2.70. The van der Waals surface area contributed by atoms with Crippen LogP contribution in [0.5, 0.6) is 0 Å². The third-order valence-corrected chi connectivity index (χ3v) is 4.79. The summed E-state index contributed by atoms with van der Waals surface area (Å²) in [5.74, 6) is 0.0557. The molecule has 0 saturated carbocycles. The van der Waals surface area contributed by atoms with Crippen molar-refractivity contribution < 1.29 is 4.79 Å². The zero-order valence-corrected chi connectivity index (χ0v) is 12.6. The number of nitrogens with two attached hydrogens (primary N) is 1. The molecule has 1 aromatic rings. The molecule has 5 nitrogen and oxygen atoms in total. The molecule has 3 rings (SSSR count). The first-order chi connectivity index (χ1) is 10.1. The van der Waals surface area contributed by atoms with E-state index in [1.165, 1.54) is 19.3 Å². The molecule has 2 bridgehead atoms. The average molecular weight is 288 g/mol. The maximum atomic E-state index is 12.2. The van der Waals surface area contributed by atoms with Gasteiger partial charge in [0.25, 0.3) is 0 Å². The lowest BCUT2D eigenvalue weighted by Gasteiger charge is -2.25. The second kappa shape index (κ2) is 6.03. The van der Waals surface area contributed by atoms with Crippen molar-refractivity contribution in [3.63, 3.8) is 0 Å². The summed E-state index contributed by atoms with van der Waals surface area (Å²) in [6.07, 6.45) is 3.74. The van der Waals surface area contributed by atoms with Crippen molar-refractivity contribution >= 4 is 17.3 Å². The number of hydrogen-bond acceptors (Lipinski definition) is 4. The Morgan fingerprint density at radius 3 is 2.71 bits per heavy atom. The molecule has 0 radical (unpaired) electrons. The largest absolute Gasteiger partial charge is 0.399 e. The van der Waals surface area contributed by atoms with Gasteiger partial charge in [-0.05, 0) is 50.6 Å². The number of nitrogens with one attached hydrogen (secondary N) is 1. The van der Waals surface area contributed by atoms with Gasteiger partial charge in [0, 0.05) is 36.5 Å². The van der Waals surface area contributed by atoms with Gasteiger partial charge >= 0.3 is 0 Å². The van der Waals surface area contributed by atoms with Crippen molar-refractivity contribution in [2.24, 2.45) is 0 Å². The third-order valence-electron chi connectivity index (χ3n) is 4.79. The lowest BCUT2D eigenvalue weighted by molar-refractivity contribution is -0.117. The first-order valence-corrected chi connectivity index (χ1v) is 7.71. The minimum Gasteiger partial charge on any atom is -0.399 e. The highest BCUT2D eigenvalue weighted by Crippen LogP contribution is 2.28. The normalized spacial score (nSPS) is 26.5. The topological polar surface area (TPSA) is 61.6 Å². The first-order valence-electron chi connectivity index (χ1n) is 7.71. The van der Waals surface area contributed by atoms with Gasteiger partial charge in [-0.3, -0.25) is 14.6 Å². The lowest BCUT2D eigenvalue weighted by atomic mass is 10.1. The molecule has 2 fully saturated rings. The van der Waals surface area contributed by atoms with Crippen LogP contribution in [-0.4, -0.2) is 54.5 Å². The molecule has 2 aliphatic rings. The maximum absolute atomic E-state index is 12.2. The van der Waals surface area contributed by atoms with Gasteiger partial charge in [-0.1, -0.05) is 0 Å². The maximum Gasteiger partial charge on any atom is 0.238 e. The molecule has 21 heavy (non-hydrogen) atoms. The number of nitrogen functional groups attached to an aromatic ring is 1. The molecule has 0 aliphatic carbocycles. The van der Waals surface area contributed by atoms with Crippen LogP contribution in [0.4, 0.5) is 11.4 Å². The van der Waals surface area contributed by atoms with E-state index in [0.717, 1.165) is 18.8 Å². The Bertz CT molecular complexity index is 502. The molecule has 2 heterocycles. The summed E-state index contributed by atoms with van der Waals surface area (Å²) < 4.78 is 0. The highest BCUT2D eigenvalue weighted by Gasteiger charge is 2.34. The van der Waals surface area contributed by atoms with Gasteiger partial charge in [-0.15, -0.1) is 0 Å². The van der Waals surface area contributed by atoms with Gasteiger partial charge in [-0.25, -0.2) is 0 Å². The highest BCUT2D eigenvalue weighted by atomic mass is 16.2. The fourth-order valence-electron chi connectivity index (χ4n) is 3.49. The zero-order chi connectivity index (χ0) is 14.8. The number of carbonyl (C=O) groups is 1. The third kappa shape index (κ3) is 3.36.